The van der Waals surface area contributed by atoms with E-state index in [1.165, 1.54) is 0 Å². The fourth-order valence-corrected chi connectivity index (χ4v) is 1.67. The Morgan fingerprint density at radius 1 is 1.69 bits per heavy atom. The van der Waals surface area contributed by atoms with Crippen LogP contribution in [0, 0.1) is 11.3 Å². The van der Waals surface area contributed by atoms with E-state index < -0.39 is 0 Å². The number of hydrogen-bond donors (Lipinski definition) is 0. The quantitative estimate of drug-likeness (QED) is 0.796. The largest absolute Gasteiger partial charge is 0.338 e. The van der Waals surface area contributed by atoms with Crippen molar-refractivity contribution in [1.82, 2.24) is 9.88 Å². The molecule has 5 heteroatoms. The first-order valence-electron chi connectivity index (χ1n) is 4.96. The van der Waals surface area contributed by atoms with E-state index >= 15 is 0 Å². The lowest BCUT2D eigenvalue weighted by atomic mass is 10.2. The molecule has 0 saturated carbocycles. The van der Waals surface area contributed by atoms with Crippen LogP contribution in [0.1, 0.15) is 23.7 Å². The molecule has 1 rings (SSSR count). The van der Waals surface area contributed by atoms with Crippen molar-refractivity contribution in [3.63, 3.8) is 0 Å². The van der Waals surface area contributed by atoms with Gasteiger partial charge in [-0.1, -0.05) is 0 Å². The SMILES string of the molecule is CCN(CCC#N)C(=O)c1ccnc(Br)c1. The summed E-state index contributed by atoms with van der Waals surface area (Å²) >= 11 is 3.22. The van der Waals surface area contributed by atoms with Gasteiger partial charge >= 0.3 is 0 Å². The second-order valence-corrected chi connectivity index (χ2v) is 3.97. The fourth-order valence-electron chi connectivity index (χ4n) is 1.31. The number of hydrogen-bond acceptors (Lipinski definition) is 3. The van der Waals surface area contributed by atoms with Gasteiger partial charge in [-0.05, 0) is 35.0 Å². The Bertz CT molecular complexity index is 414. The van der Waals surface area contributed by atoms with Gasteiger partial charge in [-0.15, -0.1) is 0 Å². The zero-order valence-electron chi connectivity index (χ0n) is 8.98. The molecule has 4 nitrogen and oxygen atoms in total. The first-order chi connectivity index (χ1) is 7.69. The average molecular weight is 282 g/mol. The van der Waals surface area contributed by atoms with Gasteiger partial charge in [-0.25, -0.2) is 4.98 Å². The van der Waals surface area contributed by atoms with Crippen LogP contribution in [0.3, 0.4) is 0 Å². The Labute approximate surface area is 103 Å². The Hall–Kier alpha value is -1.41. The molecule has 0 spiro atoms. The van der Waals surface area contributed by atoms with E-state index in [0.717, 1.165) is 0 Å². The van der Waals surface area contributed by atoms with Crippen LogP contribution < -0.4 is 0 Å². The van der Waals surface area contributed by atoms with Crippen molar-refractivity contribution in [3.8, 4) is 6.07 Å². The zero-order chi connectivity index (χ0) is 12.0. The minimum Gasteiger partial charge on any atom is -0.338 e. The highest BCUT2D eigenvalue weighted by Crippen LogP contribution is 2.10. The number of nitrogens with zero attached hydrogens (tertiary/aromatic N) is 3. The minimum absolute atomic E-state index is 0.0687. The third-order valence-electron chi connectivity index (χ3n) is 2.14. The number of halogens is 1. The van der Waals surface area contributed by atoms with E-state index in [1.807, 2.05) is 13.0 Å². The van der Waals surface area contributed by atoms with Crippen LogP contribution in [0.15, 0.2) is 22.9 Å². The van der Waals surface area contributed by atoms with E-state index in [-0.39, 0.29) is 5.91 Å². The molecule has 1 amide bonds. The summed E-state index contributed by atoms with van der Waals surface area (Å²) in [5, 5.41) is 8.50. The number of carbonyl (C=O) groups is 1. The lowest BCUT2D eigenvalue weighted by Crippen LogP contribution is -2.31. The standard InChI is InChI=1S/C11H12BrN3O/c1-2-15(7-3-5-13)11(16)9-4-6-14-10(12)8-9/h4,6,8H,2-3,7H2,1H3. The molecular formula is C11H12BrN3O. The lowest BCUT2D eigenvalue weighted by molar-refractivity contribution is 0.0767. The first kappa shape index (κ1) is 12.7. The van der Waals surface area contributed by atoms with Crippen LogP contribution in [-0.4, -0.2) is 28.9 Å². The number of nitriles is 1. The maximum atomic E-state index is 12.0. The summed E-state index contributed by atoms with van der Waals surface area (Å²) in [6.45, 7) is 2.96. The van der Waals surface area contributed by atoms with Crippen molar-refractivity contribution in [1.29, 1.82) is 5.26 Å². The molecule has 0 N–H and O–H groups in total. The molecule has 0 aliphatic carbocycles. The van der Waals surface area contributed by atoms with Crippen molar-refractivity contribution in [2.24, 2.45) is 0 Å². The van der Waals surface area contributed by atoms with Crippen LogP contribution in [0.25, 0.3) is 0 Å². The van der Waals surface area contributed by atoms with E-state index in [9.17, 15) is 4.79 Å². The van der Waals surface area contributed by atoms with E-state index in [4.69, 9.17) is 5.26 Å². The molecule has 0 fully saturated rings. The summed E-state index contributed by atoms with van der Waals surface area (Å²) in [4.78, 5) is 17.6. The molecule has 1 heterocycles. The van der Waals surface area contributed by atoms with Gasteiger partial charge in [0, 0.05) is 24.8 Å². The minimum atomic E-state index is -0.0687. The van der Waals surface area contributed by atoms with Gasteiger partial charge in [0.25, 0.3) is 5.91 Å². The summed E-state index contributed by atoms with van der Waals surface area (Å²) in [7, 11) is 0. The number of pyridine rings is 1. The molecule has 0 saturated heterocycles. The van der Waals surface area contributed by atoms with Gasteiger partial charge in [-0.2, -0.15) is 5.26 Å². The molecule has 84 valence electrons. The van der Waals surface area contributed by atoms with Gasteiger partial charge < -0.3 is 4.90 Å². The third kappa shape index (κ3) is 3.31. The number of amides is 1. The summed E-state index contributed by atoms with van der Waals surface area (Å²) in [6.07, 6.45) is 1.93. The highest BCUT2D eigenvalue weighted by Gasteiger charge is 2.13. The van der Waals surface area contributed by atoms with Crippen molar-refractivity contribution in [3.05, 3.63) is 28.5 Å². The average Bonchev–Trinajstić information content (AvgIpc) is 2.29. The molecule has 0 aliphatic rings. The highest BCUT2D eigenvalue weighted by atomic mass is 79.9. The normalized spacial score (nSPS) is 9.56. The van der Waals surface area contributed by atoms with Gasteiger partial charge in [0.1, 0.15) is 4.60 Å². The van der Waals surface area contributed by atoms with Crippen LogP contribution >= 0.6 is 15.9 Å². The van der Waals surface area contributed by atoms with Gasteiger partial charge in [0.2, 0.25) is 0 Å². The maximum absolute atomic E-state index is 12.0. The van der Waals surface area contributed by atoms with Crippen LogP contribution in [0.5, 0.6) is 0 Å². The molecule has 0 aliphatic heterocycles. The topological polar surface area (TPSA) is 57.0 Å². The summed E-state index contributed by atoms with van der Waals surface area (Å²) in [5.74, 6) is -0.0687. The van der Waals surface area contributed by atoms with Gasteiger partial charge in [0.15, 0.2) is 0 Å². The second-order valence-electron chi connectivity index (χ2n) is 3.16. The Morgan fingerprint density at radius 3 is 3.00 bits per heavy atom. The number of carbonyl (C=O) groups excluding carboxylic acids is 1. The molecule has 0 atom stereocenters. The van der Waals surface area contributed by atoms with Crippen molar-refractivity contribution >= 4 is 21.8 Å². The lowest BCUT2D eigenvalue weighted by Gasteiger charge is -2.19. The van der Waals surface area contributed by atoms with Crippen molar-refractivity contribution in [2.45, 2.75) is 13.3 Å². The Balaban J connectivity index is 2.79. The molecular weight excluding hydrogens is 270 g/mol. The maximum Gasteiger partial charge on any atom is 0.254 e. The third-order valence-corrected chi connectivity index (χ3v) is 2.57. The molecule has 16 heavy (non-hydrogen) atoms. The monoisotopic (exact) mass is 281 g/mol. The Kier molecular flexibility index (Phi) is 4.93. The smallest absolute Gasteiger partial charge is 0.254 e. The fraction of sp³-hybridized carbons (Fsp3) is 0.364. The van der Waals surface area contributed by atoms with Crippen LogP contribution in [0.2, 0.25) is 0 Å². The molecule has 0 bridgehead atoms. The molecule has 0 radical (unpaired) electrons. The molecule has 0 unspecified atom stereocenters. The zero-order valence-corrected chi connectivity index (χ0v) is 10.6. The molecule has 1 aromatic heterocycles. The summed E-state index contributed by atoms with van der Waals surface area (Å²) in [6, 6.07) is 5.38. The van der Waals surface area contributed by atoms with E-state index in [2.05, 4.69) is 20.9 Å². The van der Waals surface area contributed by atoms with Crippen molar-refractivity contribution in [2.75, 3.05) is 13.1 Å². The van der Waals surface area contributed by atoms with Crippen LogP contribution in [-0.2, 0) is 0 Å². The predicted molar refractivity (Wildman–Crippen MR) is 63.7 cm³/mol. The summed E-state index contributed by atoms with van der Waals surface area (Å²) < 4.78 is 0.634. The second kappa shape index (κ2) is 6.23. The van der Waals surface area contributed by atoms with E-state index in [0.29, 0.717) is 29.7 Å². The van der Waals surface area contributed by atoms with Crippen molar-refractivity contribution < 1.29 is 4.79 Å². The van der Waals surface area contributed by atoms with Gasteiger partial charge in [-0.3, -0.25) is 4.79 Å². The molecule has 0 aromatic carbocycles. The van der Waals surface area contributed by atoms with E-state index in [1.54, 1.807) is 23.2 Å². The van der Waals surface area contributed by atoms with Crippen LogP contribution in [0.4, 0.5) is 0 Å². The first-order valence-corrected chi connectivity index (χ1v) is 5.76. The molecule has 1 aromatic rings. The summed E-state index contributed by atoms with van der Waals surface area (Å²) in [5.41, 5.74) is 0.585. The van der Waals surface area contributed by atoms with Gasteiger partial charge in [0.05, 0.1) is 12.5 Å². The highest BCUT2D eigenvalue weighted by molar-refractivity contribution is 9.10. The Morgan fingerprint density at radius 2 is 2.44 bits per heavy atom. The number of aromatic nitrogens is 1. The predicted octanol–water partition coefficient (Wildman–Crippen LogP) is 2.22. The number of rotatable bonds is 4.